The number of hydrogen-bond acceptors (Lipinski definition) is 5. The van der Waals surface area contributed by atoms with Gasteiger partial charge in [-0.15, -0.1) is 0 Å². The molecule has 1 aliphatic carbocycles. The largest absolute Gasteiger partial charge is 0.492 e. The molecule has 0 atom stereocenters. The number of hydrogen-bond donors (Lipinski definition) is 2. The Hall–Kier alpha value is -2.09. The van der Waals surface area contributed by atoms with Gasteiger partial charge < -0.3 is 9.64 Å². The SMILES string of the molecule is Cc1cc(-c2cccc(OCCN(C)C)c2)cc(C(=O)NNSC2CCCCC2)c1F. The van der Waals surface area contributed by atoms with Crippen molar-refractivity contribution >= 4 is 17.9 Å². The molecule has 0 bridgehead atoms. The first-order valence-electron chi connectivity index (χ1n) is 10.8. The lowest BCUT2D eigenvalue weighted by atomic mass is 9.99. The van der Waals surface area contributed by atoms with E-state index in [1.165, 1.54) is 31.2 Å². The van der Waals surface area contributed by atoms with Gasteiger partial charge in [0, 0.05) is 11.8 Å². The molecule has 1 aliphatic rings. The number of ether oxygens (including phenoxy) is 1. The van der Waals surface area contributed by atoms with Crippen LogP contribution in [0.1, 0.15) is 48.0 Å². The van der Waals surface area contributed by atoms with Crippen molar-refractivity contribution in [2.24, 2.45) is 0 Å². The third-order valence-corrected chi connectivity index (χ3v) is 6.44. The van der Waals surface area contributed by atoms with Crippen LogP contribution in [0.25, 0.3) is 11.1 Å². The van der Waals surface area contributed by atoms with E-state index in [1.807, 2.05) is 38.4 Å². The molecule has 2 aromatic carbocycles. The zero-order valence-corrected chi connectivity index (χ0v) is 19.4. The molecule has 0 aliphatic heterocycles. The van der Waals surface area contributed by atoms with Gasteiger partial charge in [0.25, 0.3) is 5.91 Å². The molecule has 3 rings (SSSR count). The van der Waals surface area contributed by atoms with E-state index in [0.29, 0.717) is 17.4 Å². The first-order valence-corrected chi connectivity index (χ1v) is 11.7. The summed E-state index contributed by atoms with van der Waals surface area (Å²) in [6.45, 7) is 3.07. The summed E-state index contributed by atoms with van der Waals surface area (Å²) in [5.41, 5.74) is 4.77. The molecule has 0 saturated heterocycles. The predicted molar refractivity (Wildman–Crippen MR) is 126 cm³/mol. The standard InChI is InChI=1S/C24H32FN3O2S/c1-17-14-19(18-8-7-9-20(15-18)30-13-12-28(2)3)16-22(23(17)25)24(29)26-27-31-21-10-5-4-6-11-21/h7-9,14-16,21,27H,4-6,10-13H2,1-3H3,(H,26,29). The Morgan fingerprint density at radius 1 is 1.16 bits per heavy atom. The molecule has 5 nitrogen and oxygen atoms in total. The van der Waals surface area contributed by atoms with Gasteiger partial charge in [0.15, 0.2) is 0 Å². The van der Waals surface area contributed by atoms with Gasteiger partial charge in [0.1, 0.15) is 18.2 Å². The lowest BCUT2D eigenvalue weighted by molar-refractivity contribution is 0.0942. The normalized spacial score (nSPS) is 14.6. The molecular weight excluding hydrogens is 413 g/mol. The molecule has 31 heavy (non-hydrogen) atoms. The van der Waals surface area contributed by atoms with Gasteiger partial charge in [0.2, 0.25) is 0 Å². The fraction of sp³-hybridized carbons (Fsp3) is 0.458. The van der Waals surface area contributed by atoms with Crippen LogP contribution in [0.5, 0.6) is 5.75 Å². The van der Waals surface area contributed by atoms with Gasteiger partial charge in [-0.25, -0.2) is 4.39 Å². The third-order valence-electron chi connectivity index (χ3n) is 5.42. The van der Waals surface area contributed by atoms with Crippen LogP contribution < -0.4 is 15.0 Å². The highest BCUT2D eigenvalue weighted by Gasteiger charge is 2.18. The zero-order valence-electron chi connectivity index (χ0n) is 18.5. The fourth-order valence-corrected chi connectivity index (χ4v) is 4.51. The van der Waals surface area contributed by atoms with Crippen molar-refractivity contribution in [1.82, 2.24) is 15.2 Å². The monoisotopic (exact) mass is 445 g/mol. The Kier molecular flexibility index (Phi) is 8.75. The summed E-state index contributed by atoms with van der Waals surface area (Å²) in [6, 6.07) is 11.0. The van der Waals surface area contributed by atoms with Gasteiger partial charge >= 0.3 is 0 Å². The Labute approximate surface area is 188 Å². The van der Waals surface area contributed by atoms with E-state index in [9.17, 15) is 9.18 Å². The lowest BCUT2D eigenvalue weighted by Crippen LogP contribution is -2.35. The van der Waals surface area contributed by atoms with E-state index in [4.69, 9.17) is 4.74 Å². The smallest absolute Gasteiger partial charge is 0.269 e. The van der Waals surface area contributed by atoms with Gasteiger partial charge in [-0.05, 0) is 74.8 Å². The van der Waals surface area contributed by atoms with Crippen LogP contribution in [0.3, 0.4) is 0 Å². The first kappa shape index (κ1) is 23.6. The van der Waals surface area contributed by atoms with Gasteiger partial charge in [-0.3, -0.25) is 10.2 Å². The number of benzene rings is 2. The summed E-state index contributed by atoms with van der Waals surface area (Å²) in [5, 5.41) is 0.488. The maximum Gasteiger partial charge on any atom is 0.269 e. The molecule has 168 valence electrons. The summed E-state index contributed by atoms with van der Waals surface area (Å²) in [7, 11) is 3.99. The molecule has 1 saturated carbocycles. The van der Waals surface area contributed by atoms with Crippen molar-refractivity contribution in [3.8, 4) is 16.9 Å². The average Bonchev–Trinajstić information content (AvgIpc) is 2.76. The van der Waals surface area contributed by atoms with Crippen molar-refractivity contribution < 1.29 is 13.9 Å². The molecule has 0 heterocycles. The van der Waals surface area contributed by atoms with E-state index < -0.39 is 11.7 Å². The minimum absolute atomic E-state index is 0.0330. The van der Waals surface area contributed by atoms with Crippen LogP contribution in [0.15, 0.2) is 36.4 Å². The average molecular weight is 446 g/mol. The van der Waals surface area contributed by atoms with Crippen molar-refractivity contribution in [2.75, 3.05) is 27.2 Å². The number of likely N-dealkylation sites (N-methyl/N-ethyl adjacent to an activating group) is 1. The van der Waals surface area contributed by atoms with Gasteiger partial charge in [0.05, 0.1) is 5.56 Å². The molecule has 7 heteroatoms. The molecule has 0 spiro atoms. The van der Waals surface area contributed by atoms with Crippen LogP contribution in [-0.2, 0) is 0 Å². The highest BCUT2D eigenvalue weighted by atomic mass is 32.2. The number of carbonyl (C=O) groups excluding carboxylic acids is 1. The van der Waals surface area contributed by atoms with Crippen molar-refractivity contribution in [3.63, 3.8) is 0 Å². The Balaban J connectivity index is 1.69. The minimum Gasteiger partial charge on any atom is -0.492 e. The summed E-state index contributed by atoms with van der Waals surface area (Å²) in [4.78, 5) is 17.6. The number of carbonyl (C=O) groups is 1. The molecule has 2 N–H and O–H groups in total. The number of nitrogens with zero attached hydrogens (tertiary/aromatic N) is 1. The molecular formula is C24H32FN3O2S. The van der Waals surface area contributed by atoms with Crippen LogP contribution in [0.2, 0.25) is 0 Å². The van der Waals surface area contributed by atoms with Gasteiger partial charge in [-0.2, -0.15) is 4.83 Å². The number of hydrazine groups is 1. The summed E-state index contributed by atoms with van der Waals surface area (Å²) >= 11 is 1.52. The second-order valence-electron chi connectivity index (χ2n) is 8.27. The Morgan fingerprint density at radius 3 is 2.68 bits per heavy atom. The van der Waals surface area contributed by atoms with E-state index in [1.54, 1.807) is 19.1 Å². The van der Waals surface area contributed by atoms with Crippen LogP contribution in [0.4, 0.5) is 4.39 Å². The van der Waals surface area contributed by atoms with E-state index >= 15 is 0 Å². The second-order valence-corrected chi connectivity index (χ2v) is 9.37. The van der Waals surface area contributed by atoms with Crippen LogP contribution in [0, 0.1) is 12.7 Å². The number of halogens is 1. The topological polar surface area (TPSA) is 53.6 Å². The Bertz CT molecular complexity index is 885. The maximum absolute atomic E-state index is 14.7. The molecule has 1 fully saturated rings. The van der Waals surface area contributed by atoms with Crippen LogP contribution in [-0.4, -0.2) is 43.3 Å². The third kappa shape index (κ3) is 6.95. The maximum atomic E-state index is 14.7. The summed E-state index contributed by atoms with van der Waals surface area (Å²) in [5.74, 6) is -0.217. The quantitative estimate of drug-likeness (QED) is 0.422. The number of rotatable bonds is 9. The van der Waals surface area contributed by atoms with Crippen molar-refractivity contribution in [2.45, 2.75) is 44.3 Å². The Morgan fingerprint density at radius 2 is 1.94 bits per heavy atom. The zero-order chi connectivity index (χ0) is 22.2. The van der Waals surface area contributed by atoms with E-state index in [0.717, 1.165) is 36.3 Å². The number of aryl methyl sites for hydroxylation is 1. The molecule has 0 radical (unpaired) electrons. The van der Waals surface area contributed by atoms with Crippen molar-refractivity contribution in [1.29, 1.82) is 0 Å². The molecule has 1 amide bonds. The van der Waals surface area contributed by atoms with Crippen LogP contribution >= 0.6 is 11.9 Å². The first-order chi connectivity index (χ1) is 14.9. The van der Waals surface area contributed by atoms with Crippen molar-refractivity contribution in [3.05, 3.63) is 53.3 Å². The highest BCUT2D eigenvalue weighted by molar-refractivity contribution is 7.98. The predicted octanol–water partition coefficient (Wildman–Crippen LogP) is 4.96. The summed E-state index contributed by atoms with van der Waals surface area (Å²) in [6.07, 6.45) is 6.01. The van der Waals surface area contributed by atoms with E-state index in [2.05, 4.69) is 15.2 Å². The molecule has 0 unspecified atom stereocenters. The highest BCUT2D eigenvalue weighted by Crippen LogP contribution is 2.28. The van der Waals surface area contributed by atoms with E-state index in [-0.39, 0.29) is 5.56 Å². The molecule has 2 aromatic rings. The number of nitrogens with one attached hydrogen (secondary N) is 2. The summed E-state index contributed by atoms with van der Waals surface area (Å²) < 4.78 is 20.5. The number of amides is 1. The van der Waals surface area contributed by atoms with Gasteiger partial charge in [-0.1, -0.05) is 43.3 Å². The second kappa shape index (κ2) is 11.5. The minimum atomic E-state index is -0.496. The molecule has 0 aromatic heterocycles. The fourth-order valence-electron chi connectivity index (χ4n) is 3.62. The lowest BCUT2D eigenvalue weighted by Gasteiger charge is -2.21.